The van der Waals surface area contributed by atoms with Crippen LogP contribution < -0.4 is 0 Å². The van der Waals surface area contributed by atoms with Gasteiger partial charge in [-0.05, 0) is 18.8 Å². The van der Waals surface area contributed by atoms with Crippen LogP contribution in [-0.4, -0.2) is 71.8 Å². The van der Waals surface area contributed by atoms with Gasteiger partial charge in [0.2, 0.25) is 5.91 Å². The molecule has 0 spiro atoms. The largest absolute Gasteiger partial charge is 0.437 e. The molecule has 1 fully saturated rings. The van der Waals surface area contributed by atoms with Crippen molar-refractivity contribution in [1.82, 2.24) is 19.7 Å². The van der Waals surface area contributed by atoms with E-state index >= 15 is 0 Å². The van der Waals surface area contributed by atoms with Crippen molar-refractivity contribution < 1.29 is 14.0 Å². The summed E-state index contributed by atoms with van der Waals surface area (Å²) in [7, 11) is 5.33. The zero-order valence-corrected chi connectivity index (χ0v) is 14.9. The van der Waals surface area contributed by atoms with Crippen LogP contribution in [0.2, 0.25) is 0 Å². The molecule has 2 aliphatic rings. The molecule has 1 aromatic rings. The second kappa shape index (κ2) is 6.55. The van der Waals surface area contributed by atoms with E-state index in [0.29, 0.717) is 31.5 Å². The molecule has 2 heterocycles. The third-order valence-electron chi connectivity index (χ3n) is 5.06. The summed E-state index contributed by atoms with van der Waals surface area (Å²) < 4.78 is 5.71. The lowest BCUT2D eigenvalue weighted by atomic mass is 9.81. The fourth-order valence-corrected chi connectivity index (χ4v) is 3.30. The monoisotopic (exact) mass is 334 g/mol. The van der Waals surface area contributed by atoms with Crippen molar-refractivity contribution in [2.45, 2.75) is 38.8 Å². The Bertz CT molecular complexity index is 634. The van der Waals surface area contributed by atoms with E-state index in [2.05, 4.69) is 11.9 Å². The first-order chi connectivity index (χ1) is 11.3. The number of carbonyl (C=O) groups excluding carboxylic acids is 2. The van der Waals surface area contributed by atoms with Crippen LogP contribution in [0.3, 0.4) is 0 Å². The van der Waals surface area contributed by atoms with Crippen LogP contribution in [0.1, 0.15) is 41.9 Å². The molecule has 7 nitrogen and oxygen atoms in total. The molecule has 1 aliphatic carbocycles. The van der Waals surface area contributed by atoms with Crippen molar-refractivity contribution >= 4 is 11.8 Å². The minimum Gasteiger partial charge on any atom is -0.437 e. The first kappa shape index (κ1) is 17.0. The van der Waals surface area contributed by atoms with Crippen molar-refractivity contribution in [3.63, 3.8) is 0 Å². The van der Waals surface area contributed by atoms with Crippen molar-refractivity contribution in [3.8, 4) is 0 Å². The van der Waals surface area contributed by atoms with E-state index in [0.717, 1.165) is 30.8 Å². The van der Waals surface area contributed by atoms with E-state index in [4.69, 9.17) is 4.42 Å². The molecule has 3 rings (SSSR count). The number of amides is 2. The highest BCUT2D eigenvalue weighted by atomic mass is 16.4. The average Bonchev–Trinajstić information content (AvgIpc) is 2.93. The van der Waals surface area contributed by atoms with Crippen LogP contribution in [-0.2, 0) is 17.8 Å². The standard InChI is InChI=1S/C17H26N4O3/c1-11-7-12(8-11)20(4)17(23)16-18-13-9-21(6-5-14(13)24-16)10-15(22)19(2)3/h11-12H,5-10H2,1-4H3. The van der Waals surface area contributed by atoms with Gasteiger partial charge in [0.15, 0.2) is 0 Å². The molecule has 7 heteroatoms. The van der Waals surface area contributed by atoms with Crippen molar-refractivity contribution in [2.24, 2.45) is 5.92 Å². The Labute approximate surface area is 142 Å². The lowest BCUT2D eigenvalue weighted by molar-refractivity contribution is -0.130. The van der Waals surface area contributed by atoms with Gasteiger partial charge < -0.3 is 14.2 Å². The van der Waals surface area contributed by atoms with Crippen molar-refractivity contribution in [1.29, 1.82) is 0 Å². The van der Waals surface area contributed by atoms with Crippen LogP contribution >= 0.6 is 0 Å². The van der Waals surface area contributed by atoms with Gasteiger partial charge in [-0.2, -0.15) is 0 Å². The van der Waals surface area contributed by atoms with Crippen LogP contribution in [0.5, 0.6) is 0 Å². The van der Waals surface area contributed by atoms with Gasteiger partial charge in [-0.3, -0.25) is 14.5 Å². The van der Waals surface area contributed by atoms with Gasteiger partial charge in [0, 0.05) is 46.7 Å². The first-order valence-corrected chi connectivity index (χ1v) is 8.53. The van der Waals surface area contributed by atoms with Crippen LogP contribution in [0.4, 0.5) is 0 Å². The van der Waals surface area contributed by atoms with E-state index in [1.807, 2.05) is 11.9 Å². The maximum absolute atomic E-state index is 12.5. The Morgan fingerprint density at radius 2 is 2.00 bits per heavy atom. The lowest BCUT2D eigenvalue weighted by Gasteiger charge is -2.38. The third-order valence-corrected chi connectivity index (χ3v) is 5.06. The summed E-state index contributed by atoms with van der Waals surface area (Å²) >= 11 is 0. The molecule has 0 saturated heterocycles. The smallest absolute Gasteiger partial charge is 0.309 e. The van der Waals surface area contributed by atoms with E-state index in [9.17, 15) is 9.59 Å². The second-order valence-corrected chi connectivity index (χ2v) is 7.28. The molecule has 1 saturated carbocycles. The summed E-state index contributed by atoms with van der Waals surface area (Å²) in [6, 6.07) is 0.297. The van der Waals surface area contributed by atoms with Crippen molar-refractivity contribution in [3.05, 3.63) is 17.3 Å². The molecule has 0 aromatic carbocycles. The first-order valence-electron chi connectivity index (χ1n) is 8.53. The minimum atomic E-state index is -0.141. The Morgan fingerprint density at radius 1 is 1.29 bits per heavy atom. The molecule has 1 aliphatic heterocycles. The average molecular weight is 334 g/mol. The molecule has 2 amide bonds. The van der Waals surface area contributed by atoms with E-state index < -0.39 is 0 Å². The van der Waals surface area contributed by atoms with Gasteiger partial charge in [-0.25, -0.2) is 4.98 Å². The second-order valence-electron chi connectivity index (χ2n) is 7.28. The SMILES string of the molecule is CC1CC(N(C)C(=O)c2nc3c(o2)CCN(CC(=O)N(C)C)C3)C1. The normalized spacial score (nSPS) is 23.3. The molecule has 132 valence electrons. The fraction of sp³-hybridized carbons (Fsp3) is 0.706. The van der Waals surface area contributed by atoms with Crippen LogP contribution in [0.15, 0.2) is 4.42 Å². The maximum Gasteiger partial charge on any atom is 0.309 e. The molecule has 24 heavy (non-hydrogen) atoms. The number of aromatic nitrogens is 1. The van der Waals surface area contributed by atoms with Crippen LogP contribution in [0, 0.1) is 5.92 Å². The van der Waals surface area contributed by atoms with E-state index in [1.54, 1.807) is 23.9 Å². The number of fused-ring (bicyclic) bond motifs is 1. The summed E-state index contributed by atoms with van der Waals surface area (Å²) in [6.45, 7) is 3.85. The molecule has 0 bridgehead atoms. The summed E-state index contributed by atoms with van der Waals surface area (Å²) in [5.41, 5.74) is 0.784. The fourth-order valence-electron chi connectivity index (χ4n) is 3.30. The molecule has 0 atom stereocenters. The predicted octanol–water partition coefficient (Wildman–Crippen LogP) is 0.991. The highest BCUT2D eigenvalue weighted by Gasteiger charge is 2.34. The number of hydrogen-bond donors (Lipinski definition) is 0. The Kier molecular flexibility index (Phi) is 4.62. The molecular weight excluding hydrogens is 308 g/mol. The summed E-state index contributed by atoms with van der Waals surface area (Å²) in [4.78, 5) is 34.2. The highest BCUT2D eigenvalue weighted by molar-refractivity contribution is 5.90. The molecule has 0 radical (unpaired) electrons. The van der Waals surface area contributed by atoms with Gasteiger partial charge in [0.25, 0.3) is 5.89 Å². The molecular formula is C17H26N4O3. The summed E-state index contributed by atoms with van der Waals surface area (Å²) in [6.07, 6.45) is 2.77. The molecule has 0 N–H and O–H groups in total. The third kappa shape index (κ3) is 3.31. The van der Waals surface area contributed by atoms with E-state index in [-0.39, 0.29) is 17.7 Å². The van der Waals surface area contributed by atoms with Crippen LogP contribution in [0.25, 0.3) is 0 Å². The van der Waals surface area contributed by atoms with Gasteiger partial charge >= 0.3 is 5.91 Å². The topological polar surface area (TPSA) is 69.9 Å². The van der Waals surface area contributed by atoms with Gasteiger partial charge in [0.05, 0.1) is 12.2 Å². The molecule has 0 unspecified atom stereocenters. The minimum absolute atomic E-state index is 0.0667. The number of oxazole rings is 1. The number of hydrogen-bond acceptors (Lipinski definition) is 5. The Hall–Kier alpha value is -1.89. The number of likely N-dealkylation sites (N-methyl/N-ethyl adjacent to an activating group) is 1. The number of nitrogens with zero attached hydrogens (tertiary/aromatic N) is 4. The predicted molar refractivity (Wildman–Crippen MR) is 88.5 cm³/mol. The van der Waals surface area contributed by atoms with E-state index in [1.165, 1.54) is 0 Å². The highest BCUT2D eigenvalue weighted by Crippen LogP contribution is 2.31. The zero-order chi connectivity index (χ0) is 17.4. The van der Waals surface area contributed by atoms with Gasteiger partial charge in [0.1, 0.15) is 5.76 Å². The van der Waals surface area contributed by atoms with Gasteiger partial charge in [-0.15, -0.1) is 0 Å². The lowest BCUT2D eigenvalue weighted by Crippen LogP contribution is -2.44. The number of carbonyl (C=O) groups is 2. The number of rotatable bonds is 4. The van der Waals surface area contributed by atoms with Gasteiger partial charge in [-0.1, -0.05) is 6.92 Å². The maximum atomic E-state index is 12.5. The van der Waals surface area contributed by atoms with Crippen molar-refractivity contribution in [2.75, 3.05) is 34.2 Å². The quantitative estimate of drug-likeness (QED) is 0.821. The summed E-state index contributed by atoms with van der Waals surface area (Å²) in [5, 5.41) is 0. The Morgan fingerprint density at radius 3 is 2.62 bits per heavy atom. The zero-order valence-electron chi connectivity index (χ0n) is 14.9. The molecule has 1 aromatic heterocycles. The Balaban J connectivity index is 1.64. The summed E-state index contributed by atoms with van der Waals surface area (Å²) in [5.74, 6) is 1.57.